The highest BCUT2D eigenvalue weighted by molar-refractivity contribution is 7.92. The average molecular weight is 284 g/mol. The standard InChI is InChI=1S/C11H10ClN3O2S/c1-8-2-3-11(14-7-8)15-18(16,17)9-4-5-13-10(12)6-9/h2-7H,1H3,(H,14,15). The maximum Gasteiger partial charge on any atom is 0.263 e. The van der Waals surface area contributed by atoms with Crippen LogP contribution in [-0.4, -0.2) is 18.4 Å². The second-order valence-electron chi connectivity index (χ2n) is 3.64. The molecule has 2 heterocycles. The van der Waals surface area contributed by atoms with Gasteiger partial charge in [-0.25, -0.2) is 18.4 Å². The molecule has 0 saturated carbocycles. The summed E-state index contributed by atoms with van der Waals surface area (Å²) in [5, 5.41) is 0.120. The second-order valence-corrected chi connectivity index (χ2v) is 5.71. The molecule has 0 unspecified atom stereocenters. The van der Waals surface area contributed by atoms with Crippen molar-refractivity contribution < 1.29 is 8.42 Å². The molecule has 1 N–H and O–H groups in total. The Morgan fingerprint density at radius 2 is 2.00 bits per heavy atom. The van der Waals surface area contributed by atoms with Gasteiger partial charge in [0.2, 0.25) is 0 Å². The van der Waals surface area contributed by atoms with Crippen molar-refractivity contribution in [3.8, 4) is 0 Å². The van der Waals surface area contributed by atoms with E-state index < -0.39 is 10.0 Å². The average Bonchev–Trinajstić information content (AvgIpc) is 2.32. The van der Waals surface area contributed by atoms with Crippen molar-refractivity contribution >= 4 is 27.4 Å². The molecule has 0 aliphatic carbocycles. The fourth-order valence-electron chi connectivity index (χ4n) is 1.28. The Balaban J connectivity index is 2.30. The molecule has 2 aromatic heterocycles. The largest absolute Gasteiger partial charge is 0.263 e. The Kier molecular flexibility index (Phi) is 3.49. The topological polar surface area (TPSA) is 72.0 Å². The van der Waals surface area contributed by atoms with E-state index in [1.165, 1.54) is 18.3 Å². The monoisotopic (exact) mass is 283 g/mol. The predicted molar refractivity (Wildman–Crippen MR) is 69.0 cm³/mol. The molecule has 0 aliphatic heterocycles. The van der Waals surface area contributed by atoms with Gasteiger partial charge in [-0.05, 0) is 30.7 Å². The van der Waals surface area contributed by atoms with Gasteiger partial charge in [0.05, 0.1) is 4.90 Å². The lowest BCUT2D eigenvalue weighted by Gasteiger charge is -2.07. The highest BCUT2D eigenvalue weighted by atomic mass is 35.5. The van der Waals surface area contributed by atoms with Gasteiger partial charge in [0.1, 0.15) is 11.0 Å². The number of anilines is 1. The highest BCUT2D eigenvalue weighted by Gasteiger charge is 2.15. The highest BCUT2D eigenvalue weighted by Crippen LogP contribution is 2.16. The van der Waals surface area contributed by atoms with E-state index in [1.807, 2.05) is 6.92 Å². The second kappa shape index (κ2) is 4.91. The number of halogens is 1. The molecule has 0 aromatic carbocycles. The van der Waals surface area contributed by atoms with E-state index >= 15 is 0 Å². The number of hydrogen-bond acceptors (Lipinski definition) is 4. The molecule has 0 aliphatic rings. The van der Waals surface area contributed by atoms with Gasteiger partial charge in [-0.3, -0.25) is 4.72 Å². The lowest BCUT2D eigenvalue weighted by Crippen LogP contribution is -2.14. The first kappa shape index (κ1) is 12.8. The van der Waals surface area contributed by atoms with E-state index in [1.54, 1.807) is 18.3 Å². The van der Waals surface area contributed by atoms with Gasteiger partial charge in [0, 0.05) is 12.4 Å². The minimum Gasteiger partial charge on any atom is -0.263 e. The van der Waals surface area contributed by atoms with Crippen LogP contribution in [0.5, 0.6) is 0 Å². The number of rotatable bonds is 3. The number of pyridine rings is 2. The minimum atomic E-state index is -3.69. The Bertz CT molecular complexity index is 656. The van der Waals surface area contributed by atoms with Crippen LogP contribution < -0.4 is 4.72 Å². The SMILES string of the molecule is Cc1ccc(NS(=O)(=O)c2ccnc(Cl)c2)nc1. The Labute approximate surface area is 110 Å². The summed E-state index contributed by atoms with van der Waals surface area (Å²) in [4.78, 5) is 7.75. The summed E-state index contributed by atoms with van der Waals surface area (Å²) in [5.74, 6) is 0.258. The van der Waals surface area contributed by atoms with E-state index in [-0.39, 0.29) is 15.9 Å². The molecule has 0 atom stereocenters. The third kappa shape index (κ3) is 2.96. The number of nitrogens with zero attached hydrogens (tertiary/aromatic N) is 2. The van der Waals surface area contributed by atoms with Crippen LogP contribution in [0.25, 0.3) is 0 Å². The molecule has 0 spiro atoms. The van der Waals surface area contributed by atoms with Gasteiger partial charge < -0.3 is 0 Å². The quantitative estimate of drug-likeness (QED) is 0.877. The van der Waals surface area contributed by atoms with E-state index in [9.17, 15) is 8.42 Å². The summed E-state index contributed by atoms with van der Waals surface area (Å²) in [6.45, 7) is 1.87. The van der Waals surface area contributed by atoms with Crippen molar-refractivity contribution in [1.82, 2.24) is 9.97 Å². The number of sulfonamides is 1. The molecule has 2 aromatic rings. The molecule has 0 radical (unpaired) electrons. The van der Waals surface area contributed by atoms with E-state index in [0.29, 0.717) is 0 Å². The van der Waals surface area contributed by atoms with Crippen molar-refractivity contribution in [3.05, 3.63) is 47.4 Å². The lowest BCUT2D eigenvalue weighted by atomic mass is 10.3. The van der Waals surface area contributed by atoms with Gasteiger partial charge in [-0.2, -0.15) is 0 Å². The van der Waals surface area contributed by atoms with E-state index in [4.69, 9.17) is 11.6 Å². The van der Waals surface area contributed by atoms with Crippen LogP contribution in [0, 0.1) is 6.92 Å². The van der Waals surface area contributed by atoms with Crippen LogP contribution in [0.3, 0.4) is 0 Å². The maximum atomic E-state index is 12.0. The third-order valence-electron chi connectivity index (χ3n) is 2.16. The summed E-state index contributed by atoms with van der Waals surface area (Å²) in [5.41, 5.74) is 0.949. The molecular weight excluding hydrogens is 274 g/mol. The van der Waals surface area contributed by atoms with Crippen LogP contribution in [0.1, 0.15) is 5.56 Å². The minimum absolute atomic E-state index is 0.0462. The van der Waals surface area contributed by atoms with Crippen molar-refractivity contribution in [1.29, 1.82) is 0 Å². The normalized spacial score (nSPS) is 11.2. The first-order valence-electron chi connectivity index (χ1n) is 5.04. The smallest absolute Gasteiger partial charge is 0.263 e. The number of aromatic nitrogens is 2. The van der Waals surface area contributed by atoms with Crippen molar-refractivity contribution in [2.45, 2.75) is 11.8 Å². The Morgan fingerprint density at radius 1 is 1.22 bits per heavy atom. The number of aryl methyl sites for hydroxylation is 1. The molecule has 2 rings (SSSR count). The van der Waals surface area contributed by atoms with Gasteiger partial charge in [-0.15, -0.1) is 0 Å². The molecule has 0 bridgehead atoms. The Morgan fingerprint density at radius 3 is 2.61 bits per heavy atom. The lowest BCUT2D eigenvalue weighted by molar-refractivity contribution is 0.601. The van der Waals surface area contributed by atoms with Gasteiger partial charge in [0.25, 0.3) is 10.0 Å². The van der Waals surface area contributed by atoms with Crippen molar-refractivity contribution in [2.24, 2.45) is 0 Å². The summed E-state index contributed by atoms with van der Waals surface area (Å²) in [6, 6.07) is 6.00. The van der Waals surface area contributed by atoms with Crippen LogP contribution in [-0.2, 0) is 10.0 Å². The van der Waals surface area contributed by atoms with Crippen LogP contribution in [0.2, 0.25) is 5.15 Å². The van der Waals surface area contributed by atoms with E-state index in [0.717, 1.165) is 5.56 Å². The molecule has 0 amide bonds. The molecular formula is C11H10ClN3O2S. The molecule has 94 valence electrons. The van der Waals surface area contributed by atoms with Gasteiger partial charge >= 0.3 is 0 Å². The van der Waals surface area contributed by atoms with Crippen molar-refractivity contribution in [3.63, 3.8) is 0 Å². The van der Waals surface area contributed by atoms with E-state index in [2.05, 4.69) is 14.7 Å². The zero-order chi connectivity index (χ0) is 13.2. The molecule has 7 heteroatoms. The third-order valence-corrected chi connectivity index (χ3v) is 3.72. The van der Waals surface area contributed by atoms with Crippen molar-refractivity contribution in [2.75, 3.05) is 4.72 Å². The van der Waals surface area contributed by atoms with Gasteiger partial charge in [0.15, 0.2) is 0 Å². The molecule has 0 fully saturated rings. The first-order chi connectivity index (χ1) is 8.47. The molecule has 5 nitrogen and oxygen atoms in total. The number of hydrogen-bond donors (Lipinski definition) is 1. The zero-order valence-corrected chi connectivity index (χ0v) is 11.0. The summed E-state index contributed by atoms with van der Waals surface area (Å²) < 4.78 is 26.4. The van der Waals surface area contributed by atoms with Gasteiger partial charge in [-0.1, -0.05) is 17.7 Å². The summed E-state index contributed by atoms with van der Waals surface area (Å²) in [6.07, 6.45) is 2.91. The molecule has 18 heavy (non-hydrogen) atoms. The summed E-state index contributed by atoms with van der Waals surface area (Å²) >= 11 is 5.66. The summed E-state index contributed by atoms with van der Waals surface area (Å²) in [7, 11) is -3.69. The fourth-order valence-corrected chi connectivity index (χ4v) is 2.54. The fraction of sp³-hybridized carbons (Fsp3) is 0.0909. The zero-order valence-electron chi connectivity index (χ0n) is 9.46. The van der Waals surface area contributed by atoms with Crippen LogP contribution in [0.15, 0.2) is 41.6 Å². The Hall–Kier alpha value is -1.66. The van der Waals surface area contributed by atoms with Crippen LogP contribution in [0.4, 0.5) is 5.82 Å². The van der Waals surface area contributed by atoms with Crippen LogP contribution >= 0.6 is 11.6 Å². The maximum absolute atomic E-state index is 12.0. The first-order valence-corrected chi connectivity index (χ1v) is 6.90. The molecule has 0 saturated heterocycles. The number of nitrogens with one attached hydrogen (secondary N) is 1. The predicted octanol–water partition coefficient (Wildman–Crippen LogP) is 2.24.